The largest absolute Gasteiger partial charge is 0.350 e. The van der Waals surface area contributed by atoms with Gasteiger partial charge in [0.25, 0.3) is 5.91 Å². The lowest BCUT2D eigenvalue weighted by Crippen LogP contribution is -2.11. The number of aromatic nitrogens is 1. The molecule has 0 unspecified atom stereocenters. The number of nitrogens with zero attached hydrogens (tertiary/aromatic N) is 1. The Morgan fingerprint density at radius 3 is 2.62 bits per heavy atom. The van der Waals surface area contributed by atoms with Crippen molar-refractivity contribution >= 4 is 17.4 Å². The highest BCUT2D eigenvalue weighted by molar-refractivity contribution is 6.03. The summed E-state index contributed by atoms with van der Waals surface area (Å²) in [5.74, 6) is -1.02. The first-order valence-electron chi connectivity index (χ1n) is 7.18. The van der Waals surface area contributed by atoms with Crippen molar-refractivity contribution < 1.29 is 18.5 Å². The minimum absolute atomic E-state index is 0.0116. The summed E-state index contributed by atoms with van der Waals surface area (Å²) in [6.07, 6.45) is 0. The zero-order valence-electron chi connectivity index (χ0n) is 12.7. The number of anilines is 1. The van der Waals surface area contributed by atoms with Gasteiger partial charge in [-0.3, -0.25) is 9.59 Å². The van der Waals surface area contributed by atoms with Crippen LogP contribution in [0.25, 0.3) is 11.3 Å². The third-order valence-corrected chi connectivity index (χ3v) is 3.38. The molecule has 120 valence electrons. The molecular weight excluding hydrogens is 311 g/mol. The van der Waals surface area contributed by atoms with Crippen LogP contribution in [-0.4, -0.2) is 16.8 Å². The van der Waals surface area contributed by atoms with Crippen molar-refractivity contribution in [1.29, 1.82) is 0 Å². The highest BCUT2D eigenvalue weighted by Crippen LogP contribution is 2.21. The third kappa shape index (κ3) is 3.38. The number of amides is 1. The predicted octanol–water partition coefficient (Wildman–Crippen LogP) is 3.94. The Labute approximate surface area is 137 Å². The summed E-state index contributed by atoms with van der Waals surface area (Å²) in [5, 5.41) is 6.41. The molecule has 0 fully saturated rings. The number of hydrogen-bond donors (Lipinski definition) is 1. The molecule has 3 aromatic rings. The van der Waals surface area contributed by atoms with Crippen molar-refractivity contribution in [3.63, 3.8) is 0 Å². The summed E-state index contributed by atoms with van der Waals surface area (Å²) in [6.45, 7) is 1.45. The molecule has 0 saturated heterocycles. The molecule has 24 heavy (non-hydrogen) atoms. The standard InChI is InChI=1S/C18H13FN2O3/c1-11(22)12-4-3-7-15(9-12)20-18(23)17-10-16(21-24-17)13-5-2-6-14(19)8-13/h2-10H,1H3,(H,20,23). The molecule has 1 heterocycles. The van der Waals surface area contributed by atoms with E-state index < -0.39 is 11.7 Å². The molecule has 2 aromatic carbocycles. The smallest absolute Gasteiger partial charge is 0.294 e. The van der Waals surface area contributed by atoms with E-state index in [-0.39, 0.29) is 11.5 Å². The average molecular weight is 324 g/mol. The number of rotatable bonds is 4. The Morgan fingerprint density at radius 1 is 1.08 bits per heavy atom. The summed E-state index contributed by atoms with van der Waals surface area (Å²) in [4.78, 5) is 23.6. The first-order chi connectivity index (χ1) is 11.5. The molecule has 5 nitrogen and oxygen atoms in total. The summed E-state index contributed by atoms with van der Waals surface area (Å²) in [7, 11) is 0. The van der Waals surface area contributed by atoms with Crippen LogP contribution in [0.15, 0.2) is 59.1 Å². The van der Waals surface area contributed by atoms with Crippen LogP contribution in [0.4, 0.5) is 10.1 Å². The number of carbonyl (C=O) groups excluding carboxylic acids is 2. The van der Waals surface area contributed by atoms with Gasteiger partial charge < -0.3 is 9.84 Å². The number of carbonyl (C=O) groups is 2. The van der Waals surface area contributed by atoms with Crippen LogP contribution in [0.3, 0.4) is 0 Å². The van der Waals surface area contributed by atoms with E-state index in [4.69, 9.17) is 4.52 Å². The number of benzene rings is 2. The van der Waals surface area contributed by atoms with Crippen LogP contribution in [0.1, 0.15) is 27.8 Å². The van der Waals surface area contributed by atoms with Crippen molar-refractivity contribution in [2.75, 3.05) is 5.32 Å². The summed E-state index contributed by atoms with van der Waals surface area (Å²) in [5.41, 5.74) is 1.83. The van der Waals surface area contributed by atoms with E-state index in [1.54, 1.807) is 36.4 Å². The molecule has 1 N–H and O–H groups in total. The lowest BCUT2D eigenvalue weighted by Gasteiger charge is -2.03. The Hall–Kier alpha value is -3.28. The van der Waals surface area contributed by atoms with E-state index in [1.807, 2.05) is 0 Å². The zero-order chi connectivity index (χ0) is 17.1. The van der Waals surface area contributed by atoms with E-state index in [2.05, 4.69) is 10.5 Å². The number of hydrogen-bond acceptors (Lipinski definition) is 4. The van der Waals surface area contributed by atoms with Crippen molar-refractivity contribution in [3.05, 3.63) is 71.7 Å². The lowest BCUT2D eigenvalue weighted by atomic mass is 10.1. The van der Waals surface area contributed by atoms with Gasteiger partial charge in [-0.15, -0.1) is 0 Å². The summed E-state index contributed by atoms with van der Waals surface area (Å²) < 4.78 is 18.3. The number of ketones is 1. The second-order valence-corrected chi connectivity index (χ2v) is 5.18. The van der Waals surface area contributed by atoms with Gasteiger partial charge in [0.2, 0.25) is 5.76 Å². The van der Waals surface area contributed by atoms with Crippen molar-refractivity contribution in [1.82, 2.24) is 5.16 Å². The first kappa shape index (κ1) is 15.6. The van der Waals surface area contributed by atoms with E-state index in [9.17, 15) is 14.0 Å². The molecule has 0 spiro atoms. The molecular formula is C18H13FN2O3. The van der Waals surface area contributed by atoms with Gasteiger partial charge in [0.1, 0.15) is 11.5 Å². The van der Waals surface area contributed by atoms with Gasteiger partial charge in [-0.05, 0) is 31.2 Å². The monoisotopic (exact) mass is 324 g/mol. The lowest BCUT2D eigenvalue weighted by molar-refractivity contribution is 0.0984. The Balaban J connectivity index is 1.79. The van der Waals surface area contributed by atoms with Gasteiger partial charge >= 0.3 is 0 Å². The van der Waals surface area contributed by atoms with Gasteiger partial charge in [0, 0.05) is 22.9 Å². The molecule has 0 saturated carbocycles. The molecule has 0 aliphatic heterocycles. The summed E-state index contributed by atoms with van der Waals surface area (Å²) >= 11 is 0. The van der Waals surface area contributed by atoms with Gasteiger partial charge in [-0.25, -0.2) is 4.39 Å². The normalized spacial score (nSPS) is 10.4. The third-order valence-electron chi connectivity index (χ3n) is 3.38. The zero-order valence-corrected chi connectivity index (χ0v) is 12.7. The second kappa shape index (κ2) is 6.45. The molecule has 1 aromatic heterocycles. The van der Waals surface area contributed by atoms with Gasteiger partial charge in [-0.1, -0.05) is 29.4 Å². The Bertz CT molecular complexity index is 918. The fraction of sp³-hybridized carbons (Fsp3) is 0.0556. The molecule has 0 bridgehead atoms. The maximum Gasteiger partial charge on any atom is 0.294 e. The van der Waals surface area contributed by atoms with Crippen LogP contribution in [0, 0.1) is 5.82 Å². The molecule has 1 amide bonds. The minimum Gasteiger partial charge on any atom is -0.350 e. The first-order valence-corrected chi connectivity index (χ1v) is 7.18. The minimum atomic E-state index is -0.508. The SMILES string of the molecule is CC(=O)c1cccc(NC(=O)c2cc(-c3cccc(F)c3)no2)c1. The van der Waals surface area contributed by atoms with Gasteiger partial charge in [-0.2, -0.15) is 0 Å². The second-order valence-electron chi connectivity index (χ2n) is 5.18. The van der Waals surface area contributed by atoms with Crippen LogP contribution in [-0.2, 0) is 0 Å². The number of nitrogens with one attached hydrogen (secondary N) is 1. The number of Topliss-reactive ketones (excluding diaryl/α,β-unsaturated/α-hetero) is 1. The van der Waals surface area contributed by atoms with Crippen molar-refractivity contribution in [2.24, 2.45) is 0 Å². The van der Waals surface area contributed by atoms with Gasteiger partial charge in [0.05, 0.1) is 0 Å². The highest BCUT2D eigenvalue weighted by atomic mass is 19.1. The predicted molar refractivity (Wildman–Crippen MR) is 86.3 cm³/mol. The molecule has 3 rings (SSSR count). The van der Waals surface area contributed by atoms with E-state index in [0.717, 1.165) is 0 Å². The average Bonchev–Trinajstić information content (AvgIpc) is 3.05. The fourth-order valence-electron chi connectivity index (χ4n) is 2.17. The van der Waals surface area contributed by atoms with E-state index in [0.29, 0.717) is 22.5 Å². The van der Waals surface area contributed by atoms with E-state index in [1.165, 1.54) is 25.1 Å². The Kier molecular flexibility index (Phi) is 4.20. The highest BCUT2D eigenvalue weighted by Gasteiger charge is 2.15. The number of halogens is 1. The molecule has 0 aliphatic carbocycles. The van der Waals surface area contributed by atoms with Crippen molar-refractivity contribution in [2.45, 2.75) is 6.92 Å². The molecule has 0 radical (unpaired) electrons. The molecule has 6 heteroatoms. The quantitative estimate of drug-likeness (QED) is 0.738. The van der Waals surface area contributed by atoms with Crippen LogP contribution < -0.4 is 5.32 Å². The van der Waals surface area contributed by atoms with Crippen LogP contribution >= 0.6 is 0 Å². The summed E-state index contributed by atoms with van der Waals surface area (Å²) in [6, 6.07) is 13.8. The molecule has 0 aliphatic rings. The van der Waals surface area contributed by atoms with Crippen LogP contribution in [0.2, 0.25) is 0 Å². The van der Waals surface area contributed by atoms with Crippen LogP contribution in [0.5, 0.6) is 0 Å². The van der Waals surface area contributed by atoms with Crippen molar-refractivity contribution in [3.8, 4) is 11.3 Å². The maximum absolute atomic E-state index is 13.2. The fourth-order valence-corrected chi connectivity index (χ4v) is 2.17. The van der Waals surface area contributed by atoms with Gasteiger partial charge in [0.15, 0.2) is 5.78 Å². The topological polar surface area (TPSA) is 72.2 Å². The van der Waals surface area contributed by atoms with E-state index >= 15 is 0 Å². The molecule has 0 atom stereocenters. The maximum atomic E-state index is 13.2. The Morgan fingerprint density at radius 2 is 1.88 bits per heavy atom.